The lowest BCUT2D eigenvalue weighted by atomic mass is 10.0. The van der Waals surface area contributed by atoms with E-state index in [1.165, 1.54) is 0 Å². The highest BCUT2D eigenvalue weighted by atomic mass is 15.3. The quantitative estimate of drug-likeness (QED) is 0.784. The van der Waals surface area contributed by atoms with Crippen molar-refractivity contribution in [2.75, 3.05) is 31.1 Å². The third kappa shape index (κ3) is 2.59. The number of hydrogen-bond donors (Lipinski definition) is 0. The van der Waals surface area contributed by atoms with Crippen molar-refractivity contribution in [1.29, 1.82) is 5.26 Å². The Balaban J connectivity index is 1.99. The fourth-order valence-corrected chi connectivity index (χ4v) is 2.09. The largest absolute Gasteiger partial charge is 0.338 e. The third-order valence-corrected chi connectivity index (χ3v) is 3.39. The van der Waals surface area contributed by atoms with Gasteiger partial charge in [-0.2, -0.15) is 5.26 Å². The molecule has 0 unspecified atom stereocenters. The van der Waals surface area contributed by atoms with Crippen LogP contribution < -0.4 is 4.90 Å². The number of nitrogens with zero attached hydrogens (tertiary/aromatic N) is 5. The van der Waals surface area contributed by atoms with Gasteiger partial charge in [0.15, 0.2) is 0 Å². The molecule has 0 N–H and O–H groups in total. The Kier molecular flexibility index (Phi) is 3.48. The molecule has 0 amide bonds. The first-order valence-electron chi connectivity index (χ1n) is 6.23. The molecule has 1 aromatic heterocycles. The molecular weight excluding hydrogens is 226 g/mol. The van der Waals surface area contributed by atoms with Gasteiger partial charge in [-0.3, -0.25) is 4.90 Å². The van der Waals surface area contributed by atoms with Crippen molar-refractivity contribution in [1.82, 2.24) is 14.9 Å². The fraction of sp³-hybridized carbons (Fsp3) is 0.615. The van der Waals surface area contributed by atoms with Gasteiger partial charge in [-0.25, -0.2) is 9.97 Å². The van der Waals surface area contributed by atoms with Crippen LogP contribution in [0, 0.1) is 18.3 Å². The summed E-state index contributed by atoms with van der Waals surface area (Å²) in [6.45, 7) is 9.39. The van der Waals surface area contributed by atoms with E-state index in [1.807, 2.05) is 33.2 Å². The Bertz CT molecular complexity index is 437. The van der Waals surface area contributed by atoms with Gasteiger partial charge in [-0.1, -0.05) is 0 Å². The van der Waals surface area contributed by atoms with Crippen molar-refractivity contribution in [3.63, 3.8) is 0 Å². The number of rotatable bonds is 2. The molecule has 1 aliphatic heterocycles. The van der Waals surface area contributed by atoms with Crippen molar-refractivity contribution >= 4 is 5.95 Å². The summed E-state index contributed by atoms with van der Waals surface area (Å²) in [4.78, 5) is 13.1. The fourth-order valence-electron chi connectivity index (χ4n) is 2.09. The third-order valence-electron chi connectivity index (χ3n) is 3.39. The normalized spacial score (nSPS) is 17.6. The van der Waals surface area contributed by atoms with Crippen LogP contribution in [-0.4, -0.2) is 46.6 Å². The molecule has 1 aliphatic rings. The maximum absolute atomic E-state index is 9.13. The number of aryl methyl sites for hydroxylation is 1. The second-order valence-corrected chi connectivity index (χ2v) is 5.21. The van der Waals surface area contributed by atoms with Crippen molar-refractivity contribution in [2.45, 2.75) is 26.3 Å². The molecule has 5 heteroatoms. The summed E-state index contributed by atoms with van der Waals surface area (Å²) in [5.41, 5.74) is 0.684. The lowest BCUT2D eigenvalue weighted by Crippen LogP contribution is -2.54. The molecule has 5 nitrogen and oxygen atoms in total. The van der Waals surface area contributed by atoms with Gasteiger partial charge >= 0.3 is 0 Å². The first kappa shape index (κ1) is 12.8. The van der Waals surface area contributed by atoms with Crippen molar-refractivity contribution in [2.24, 2.45) is 0 Å². The number of nitriles is 1. The molecule has 0 spiro atoms. The first-order valence-corrected chi connectivity index (χ1v) is 6.23. The Labute approximate surface area is 108 Å². The Morgan fingerprint density at radius 1 is 1.17 bits per heavy atom. The first-order chi connectivity index (χ1) is 8.53. The highest BCUT2D eigenvalue weighted by molar-refractivity contribution is 5.30. The van der Waals surface area contributed by atoms with E-state index < -0.39 is 0 Å². The summed E-state index contributed by atoms with van der Waals surface area (Å²) in [7, 11) is 0. The highest BCUT2D eigenvalue weighted by Crippen LogP contribution is 2.18. The van der Waals surface area contributed by atoms with E-state index in [0.717, 1.165) is 37.7 Å². The number of hydrogen-bond acceptors (Lipinski definition) is 5. The molecule has 1 fully saturated rings. The molecule has 0 atom stereocenters. The SMILES string of the molecule is Cc1cnc(N2CCN(C(C)(C)C#N)CC2)nc1. The van der Waals surface area contributed by atoms with Crippen LogP contribution in [0.25, 0.3) is 0 Å². The van der Waals surface area contributed by atoms with Gasteiger partial charge in [-0.05, 0) is 26.3 Å². The second kappa shape index (κ2) is 4.91. The Morgan fingerprint density at radius 3 is 2.22 bits per heavy atom. The van der Waals surface area contributed by atoms with Crippen LogP contribution in [0.15, 0.2) is 12.4 Å². The van der Waals surface area contributed by atoms with E-state index in [4.69, 9.17) is 5.26 Å². The predicted molar refractivity (Wildman–Crippen MR) is 70.2 cm³/mol. The van der Waals surface area contributed by atoms with Crippen LogP contribution in [0.3, 0.4) is 0 Å². The van der Waals surface area contributed by atoms with E-state index in [-0.39, 0.29) is 5.54 Å². The summed E-state index contributed by atoms with van der Waals surface area (Å²) in [5.74, 6) is 0.787. The average Bonchev–Trinajstić information content (AvgIpc) is 2.40. The maximum Gasteiger partial charge on any atom is 0.225 e. The zero-order valence-electron chi connectivity index (χ0n) is 11.2. The molecule has 96 valence electrons. The van der Waals surface area contributed by atoms with Crippen LogP contribution >= 0.6 is 0 Å². The van der Waals surface area contributed by atoms with E-state index in [0.29, 0.717) is 0 Å². The van der Waals surface area contributed by atoms with E-state index in [2.05, 4.69) is 25.8 Å². The summed E-state index contributed by atoms with van der Waals surface area (Å²) < 4.78 is 0. The van der Waals surface area contributed by atoms with E-state index in [1.54, 1.807) is 0 Å². The number of piperazine rings is 1. The van der Waals surface area contributed by atoms with Gasteiger partial charge in [0.1, 0.15) is 5.54 Å². The van der Waals surface area contributed by atoms with Crippen LogP contribution in [0.1, 0.15) is 19.4 Å². The van der Waals surface area contributed by atoms with Crippen LogP contribution in [0.4, 0.5) is 5.95 Å². The minimum Gasteiger partial charge on any atom is -0.338 e. The Morgan fingerprint density at radius 2 is 1.72 bits per heavy atom. The molecule has 0 saturated carbocycles. The highest BCUT2D eigenvalue weighted by Gasteiger charge is 2.30. The summed E-state index contributed by atoms with van der Waals surface area (Å²) in [6, 6.07) is 2.35. The summed E-state index contributed by atoms with van der Waals surface area (Å²) in [6.07, 6.45) is 3.68. The molecule has 1 aromatic rings. The lowest BCUT2D eigenvalue weighted by molar-refractivity contribution is 0.157. The molecular formula is C13H19N5. The van der Waals surface area contributed by atoms with Gasteiger partial charge in [0.05, 0.1) is 6.07 Å². The molecule has 0 aliphatic carbocycles. The van der Waals surface area contributed by atoms with Crippen molar-refractivity contribution in [3.8, 4) is 6.07 Å². The minimum atomic E-state index is -0.389. The maximum atomic E-state index is 9.13. The zero-order chi connectivity index (χ0) is 13.2. The molecule has 0 bridgehead atoms. The van der Waals surface area contributed by atoms with Gasteiger partial charge in [0.2, 0.25) is 5.95 Å². The molecule has 0 aromatic carbocycles. The molecule has 18 heavy (non-hydrogen) atoms. The Hall–Kier alpha value is -1.67. The van der Waals surface area contributed by atoms with Gasteiger partial charge in [0.25, 0.3) is 0 Å². The topological polar surface area (TPSA) is 56.1 Å². The second-order valence-electron chi connectivity index (χ2n) is 5.21. The minimum absolute atomic E-state index is 0.389. The monoisotopic (exact) mass is 245 g/mol. The van der Waals surface area contributed by atoms with Gasteiger partial charge in [0, 0.05) is 38.6 Å². The molecule has 0 radical (unpaired) electrons. The van der Waals surface area contributed by atoms with Crippen LogP contribution in [0.2, 0.25) is 0 Å². The van der Waals surface area contributed by atoms with Crippen LogP contribution in [-0.2, 0) is 0 Å². The number of aromatic nitrogens is 2. The molecule has 1 saturated heterocycles. The predicted octanol–water partition coefficient (Wildman–Crippen LogP) is 1.21. The average molecular weight is 245 g/mol. The summed E-state index contributed by atoms with van der Waals surface area (Å²) in [5, 5.41) is 9.13. The molecule has 2 heterocycles. The standard InChI is InChI=1S/C13H19N5/c1-11-8-15-12(16-9-11)17-4-6-18(7-5-17)13(2,3)10-14/h8-9H,4-7H2,1-3H3. The van der Waals surface area contributed by atoms with E-state index >= 15 is 0 Å². The van der Waals surface area contributed by atoms with Crippen molar-refractivity contribution < 1.29 is 0 Å². The smallest absolute Gasteiger partial charge is 0.225 e. The van der Waals surface area contributed by atoms with Crippen molar-refractivity contribution in [3.05, 3.63) is 18.0 Å². The summed E-state index contributed by atoms with van der Waals surface area (Å²) >= 11 is 0. The van der Waals surface area contributed by atoms with E-state index in [9.17, 15) is 0 Å². The number of anilines is 1. The molecule has 2 rings (SSSR count). The lowest BCUT2D eigenvalue weighted by Gasteiger charge is -2.40. The van der Waals surface area contributed by atoms with Crippen LogP contribution in [0.5, 0.6) is 0 Å². The zero-order valence-corrected chi connectivity index (χ0v) is 11.2. The van der Waals surface area contributed by atoms with Gasteiger partial charge < -0.3 is 4.90 Å². The van der Waals surface area contributed by atoms with Gasteiger partial charge in [-0.15, -0.1) is 0 Å².